The van der Waals surface area contributed by atoms with E-state index in [4.69, 9.17) is 17.0 Å². The van der Waals surface area contributed by atoms with Gasteiger partial charge in [0, 0.05) is 5.92 Å². The van der Waals surface area contributed by atoms with Crippen LogP contribution in [0.3, 0.4) is 0 Å². The van der Waals surface area contributed by atoms with Crippen molar-refractivity contribution in [3.63, 3.8) is 0 Å². The summed E-state index contributed by atoms with van der Waals surface area (Å²) in [5.41, 5.74) is 0. The number of thiocarbonyl (C=S) groups is 1. The van der Waals surface area contributed by atoms with Gasteiger partial charge in [-0.05, 0) is 18.1 Å². The van der Waals surface area contributed by atoms with E-state index < -0.39 is 0 Å². The summed E-state index contributed by atoms with van der Waals surface area (Å²) < 4.78 is 5.12. The molecule has 0 aromatic heterocycles. The molecule has 0 aromatic rings. The lowest BCUT2D eigenvalue weighted by Gasteiger charge is -2.11. The van der Waals surface area contributed by atoms with E-state index in [9.17, 15) is 4.79 Å². The van der Waals surface area contributed by atoms with Crippen LogP contribution in [0.4, 0.5) is 0 Å². The summed E-state index contributed by atoms with van der Waals surface area (Å²) >= 11 is 4.81. The van der Waals surface area contributed by atoms with E-state index in [0.29, 0.717) is 12.5 Å². The fourth-order valence-corrected chi connectivity index (χ4v) is 0.692. The minimum absolute atomic E-state index is 0.0689. The third kappa shape index (κ3) is 6.51. The number of carbonyl (C=O) groups excluding carboxylic acids is 1. The second-order valence-corrected chi connectivity index (χ2v) is 4.01. The molecule has 0 radical (unpaired) electrons. The smallest absolute Gasteiger partial charge is 0.263 e. The lowest BCUT2D eigenvalue weighted by Crippen LogP contribution is -2.34. The third-order valence-electron chi connectivity index (χ3n) is 1.30. The first kappa shape index (κ1) is 12.4. The lowest BCUT2D eigenvalue weighted by molar-refractivity contribution is -0.122. The number of nitrogens with one attached hydrogen (secondary N) is 1. The standard InChI is InChI=1S/C9H17NO2S/c1-6(2)5-12-9(13)10-8(11)7(3)4/h6-7H,5H2,1-4H3,(H,10,11,13). The minimum atomic E-state index is -0.103. The molecule has 1 amide bonds. The molecule has 0 saturated carbocycles. The summed E-state index contributed by atoms with van der Waals surface area (Å²) in [6.45, 7) is 8.19. The molecule has 13 heavy (non-hydrogen) atoms. The fraction of sp³-hybridized carbons (Fsp3) is 0.778. The second kappa shape index (κ2) is 5.91. The molecule has 76 valence electrons. The number of hydrogen-bond acceptors (Lipinski definition) is 3. The van der Waals surface area contributed by atoms with Crippen LogP contribution in [0.1, 0.15) is 27.7 Å². The van der Waals surface area contributed by atoms with E-state index >= 15 is 0 Å². The quantitative estimate of drug-likeness (QED) is 0.710. The molecule has 3 nitrogen and oxygen atoms in total. The average Bonchev–Trinajstić information content (AvgIpc) is 2.00. The predicted molar refractivity (Wildman–Crippen MR) is 56.4 cm³/mol. The molecule has 0 heterocycles. The van der Waals surface area contributed by atoms with Crippen LogP contribution in [0, 0.1) is 11.8 Å². The molecule has 4 heteroatoms. The van der Waals surface area contributed by atoms with Gasteiger partial charge >= 0.3 is 0 Å². The van der Waals surface area contributed by atoms with Gasteiger partial charge < -0.3 is 4.74 Å². The van der Waals surface area contributed by atoms with Gasteiger partial charge in [0.15, 0.2) is 0 Å². The van der Waals surface area contributed by atoms with Crippen molar-refractivity contribution >= 4 is 23.3 Å². The number of carbonyl (C=O) groups is 1. The van der Waals surface area contributed by atoms with Crippen molar-refractivity contribution in [3.8, 4) is 0 Å². The van der Waals surface area contributed by atoms with Gasteiger partial charge in [0.1, 0.15) is 0 Å². The maximum atomic E-state index is 11.1. The second-order valence-electron chi connectivity index (χ2n) is 3.64. The number of amides is 1. The van der Waals surface area contributed by atoms with E-state index in [-0.39, 0.29) is 17.0 Å². The van der Waals surface area contributed by atoms with Crippen molar-refractivity contribution in [2.45, 2.75) is 27.7 Å². The minimum Gasteiger partial charge on any atom is -0.470 e. The summed E-state index contributed by atoms with van der Waals surface area (Å²) in [4.78, 5) is 11.1. The summed E-state index contributed by atoms with van der Waals surface area (Å²) in [5, 5.41) is 2.68. The monoisotopic (exact) mass is 203 g/mol. The Labute approximate surface area is 84.8 Å². The topological polar surface area (TPSA) is 38.3 Å². The van der Waals surface area contributed by atoms with Crippen molar-refractivity contribution < 1.29 is 9.53 Å². The maximum Gasteiger partial charge on any atom is 0.263 e. The van der Waals surface area contributed by atoms with Crippen LogP contribution in [0.25, 0.3) is 0 Å². The van der Waals surface area contributed by atoms with Gasteiger partial charge in [0.05, 0.1) is 6.61 Å². The van der Waals surface area contributed by atoms with Gasteiger partial charge in [-0.2, -0.15) is 0 Å². The number of ether oxygens (including phenoxy) is 1. The number of hydrogen-bond donors (Lipinski definition) is 1. The van der Waals surface area contributed by atoms with Crippen LogP contribution < -0.4 is 5.32 Å². The van der Waals surface area contributed by atoms with E-state index in [2.05, 4.69) is 5.32 Å². The highest BCUT2D eigenvalue weighted by Crippen LogP contribution is 1.95. The number of rotatable bonds is 3. The molecule has 0 aliphatic heterocycles. The highest BCUT2D eigenvalue weighted by Gasteiger charge is 2.09. The zero-order valence-corrected chi connectivity index (χ0v) is 9.40. The Bertz CT molecular complexity index is 190. The largest absolute Gasteiger partial charge is 0.470 e. The molecule has 1 N–H and O–H groups in total. The fourth-order valence-electron chi connectivity index (χ4n) is 0.523. The SMILES string of the molecule is CC(C)COC(=S)NC(=O)C(C)C. The van der Waals surface area contributed by atoms with E-state index in [1.54, 1.807) is 13.8 Å². The first-order chi connectivity index (χ1) is 5.93. The van der Waals surface area contributed by atoms with Crippen molar-refractivity contribution in [2.75, 3.05) is 6.61 Å². The van der Waals surface area contributed by atoms with Crippen molar-refractivity contribution in [3.05, 3.63) is 0 Å². The van der Waals surface area contributed by atoms with Crippen LogP contribution in [0.5, 0.6) is 0 Å². The zero-order valence-electron chi connectivity index (χ0n) is 8.59. The van der Waals surface area contributed by atoms with Gasteiger partial charge in [-0.15, -0.1) is 0 Å². The molecule has 0 unspecified atom stereocenters. The van der Waals surface area contributed by atoms with Crippen molar-refractivity contribution in [2.24, 2.45) is 11.8 Å². The molecule has 0 spiro atoms. The molecular formula is C9H17NO2S. The van der Waals surface area contributed by atoms with Crippen LogP contribution in [0.2, 0.25) is 0 Å². The highest BCUT2D eigenvalue weighted by molar-refractivity contribution is 7.80. The van der Waals surface area contributed by atoms with Gasteiger partial charge in [-0.25, -0.2) is 0 Å². The summed E-state index contributed by atoms with van der Waals surface area (Å²) in [5.74, 6) is 0.239. The van der Waals surface area contributed by atoms with Gasteiger partial charge in [-0.3, -0.25) is 10.1 Å². The maximum absolute atomic E-state index is 11.1. The van der Waals surface area contributed by atoms with Crippen LogP contribution in [-0.4, -0.2) is 17.7 Å². The summed E-state index contributed by atoms with van der Waals surface area (Å²) in [6, 6.07) is 0. The Morgan fingerprint density at radius 2 is 1.92 bits per heavy atom. The van der Waals surface area contributed by atoms with Crippen LogP contribution >= 0.6 is 12.2 Å². The average molecular weight is 203 g/mol. The predicted octanol–water partition coefficient (Wildman–Crippen LogP) is 1.72. The van der Waals surface area contributed by atoms with Crippen LogP contribution in [-0.2, 0) is 9.53 Å². The van der Waals surface area contributed by atoms with E-state index in [1.165, 1.54) is 0 Å². The molecule has 0 bridgehead atoms. The molecule has 0 aliphatic rings. The Hall–Kier alpha value is -0.640. The van der Waals surface area contributed by atoms with Crippen molar-refractivity contribution in [1.82, 2.24) is 5.32 Å². The van der Waals surface area contributed by atoms with Crippen LogP contribution in [0.15, 0.2) is 0 Å². The lowest BCUT2D eigenvalue weighted by atomic mass is 10.2. The molecule has 0 rings (SSSR count). The van der Waals surface area contributed by atoms with Gasteiger partial charge in [-0.1, -0.05) is 27.7 Å². The molecular weight excluding hydrogens is 186 g/mol. The molecule has 0 fully saturated rings. The Morgan fingerprint density at radius 1 is 1.38 bits per heavy atom. The Kier molecular flexibility index (Phi) is 5.62. The first-order valence-corrected chi connectivity index (χ1v) is 4.82. The normalized spacial score (nSPS) is 10.3. The highest BCUT2D eigenvalue weighted by atomic mass is 32.1. The zero-order chi connectivity index (χ0) is 10.4. The Morgan fingerprint density at radius 3 is 2.31 bits per heavy atom. The van der Waals surface area contributed by atoms with Crippen molar-refractivity contribution in [1.29, 1.82) is 0 Å². The van der Waals surface area contributed by atoms with Gasteiger partial charge in [0.2, 0.25) is 5.91 Å². The first-order valence-electron chi connectivity index (χ1n) is 4.41. The van der Waals surface area contributed by atoms with Gasteiger partial charge in [0.25, 0.3) is 5.17 Å². The van der Waals surface area contributed by atoms with E-state index in [1.807, 2.05) is 13.8 Å². The molecule has 0 aliphatic carbocycles. The molecule has 0 atom stereocenters. The molecule has 0 aromatic carbocycles. The summed E-state index contributed by atoms with van der Waals surface area (Å²) in [7, 11) is 0. The Balaban J connectivity index is 3.69. The third-order valence-corrected chi connectivity index (χ3v) is 1.52. The van der Waals surface area contributed by atoms with E-state index in [0.717, 1.165) is 0 Å². The summed E-state index contributed by atoms with van der Waals surface area (Å²) in [6.07, 6.45) is 0. The molecule has 0 saturated heterocycles.